The van der Waals surface area contributed by atoms with Gasteiger partial charge in [0.2, 0.25) is 0 Å². The summed E-state index contributed by atoms with van der Waals surface area (Å²) in [6, 6.07) is 13.5. The second-order valence-electron chi connectivity index (χ2n) is 9.74. The molecule has 2 aliphatic rings. The van der Waals surface area contributed by atoms with Gasteiger partial charge in [0.15, 0.2) is 0 Å². The van der Waals surface area contributed by atoms with Crippen molar-refractivity contribution in [2.75, 3.05) is 62.7 Å². The first-order valence-electron chi connectivity index (χ1n) is 13.5. The molecule has 2 aliphatic heterocycles. The average Bonchev–Trinajstić information content (AvgIpc) is 3.45. The van der Waals surface area contributed by atoms with Gasteiger partial charge in [-0.1, -0.05) is 31.9 Å². The Morgan fingerprint density at radius 3 is 2.39 bits per heavy atom. The molecule has 2 aromatic rings. The van der Waals surface area contributed by atoms with Gasteiger partial charge in [-0.25, -0.2) is 0 Å². The maximum Gasteiger partial charge on any atom is 0.255 e. The molecule has 36 heavy (non-hydrogen) atoms. The maximum atomic E-state index is 13.2. The van der Waals surface area contributed by atoms with Gasteiger partial charge in [0, 0.05) is 56.2 Å². The van der Waals surface area contributed by atoms with Crippen LogP contribution in [-0.4, -0.2) is 69.2 Å². The fourth-order valence-corrected chi connectivity index (χ4v) is 4.88. The number of carbonyl (C=O) groups excluding carboxylic acids is 2. The van der Waals surface area contributed by atoms with Gasteiger partial charge < -0.3 is 20.3 Å². The Labute approximate surface area is 215 Å². The largest absolute Gasteiger partial charge is 0.379 e. The number of benzene rings is 2. The van der Waals surface area contributed by atoms with E-state index in [0.717, 1.165) is 70.9 Å². The Morgan fingerprint density at radius 1 is 0.917 bits per heavy atom. The van der Waals surface area contributed by atoms with Gasteiger partial charge in [-0.05, 0) is 61.6 Å². The predicted octanol–water partition coefficient (Wildman–Crippen LogP) is 4.33. The van der Waals surface area contributed by atoms with Crippen LogP contribution in [0.5, 0.6) is 0 Å². The highest BCUT2D eigenvalue weighted by atomic mass is 16.5. The van der Waals surface area contributed by atoms with E-state index in [1.54, 1.807) is 0 Å². The van der Waals surface area contributed by atoms with Crippen LogP contribution >= 0.6 is 0 Å². The molecule has 0 unspecified atom stereocenters. The molecule has 2 fully saturated rings. The monoisotopic (exact) mass is 492 g/mol. The topological polar surface area (TPSA) is 73.9 Å². The van der Waals surface area contributed by atoms with Crippen molar-refractivity contribution in [3.8, 4) is 0 Å². The summed E-state index contributed by atoms with van der Waals surface area (Å²) in [7, 11) is 0. The van der Waals surface area contributed by atoms with Crippen LogP contribution in [0.1, 0.15) is 65.3 Å². The lowest BCUT2D eigenvalue weighted by molar-refractivity contribution is 0.0383. The second kappa shape index (κ2) is 13.4. The zero-order valence-electron chi connectivity index (χ0n) is 21.6. The molecule has 2 N–H and O–H groups in total. The molecule has 0 atom stereocenters. The van der Waals surface area contributed by atoms with Crippen molar-refractivity contribution in [1.29, 1.82) is 0 Å². The van der Waals surface area contributed by atoms with Crippen molar-refractivity contribution in [1.82, 2.24) is 10.2 Å². The number of hydrogen-bond acceptors (Lipinski definition) is 5. The first-order chi connectivity index (χ1) is 17.6. The molecule has 0 aliphatic carbocycles. The van der Waals surface area contributed by atoms with Crippen LogP contribution in [0.2, 0.25) is 0 Å². The SMILES string of the molecule is CCCCCc1ccc(C(=O)Nc2ccc(N3CCCC3)c(C(=O)NCCN3CCOCC3)c2)cc1. The van der Waals surface area contributed by atoms with Gasteiger partial charge >= 0.3 is 0 Å². The van der Waals surface area contributed by atoms with E-state index in [1.807, 2.05) is 42.5 Å². The summed E-state index contributed by atoms with van der Waals surface area (Å²) >= 11 is 0. The number of ether oxygens (including phenoxy) is 1. The highest BCUT2D eigenvalue weighted by Gasteiger charge is 2.21. The van der Waals surface area contributed by atoms with Crippen molar-refractivity contribution in [3.63, 3.8) is 0 Å². The lowest BCUT2D eigenvalue weighted by atomic mass is 10.0. The summed E-state index contributed by atoms with van der Waals surface area (Å²) in [5, 5.41) is 6.08. The molecule has 0 spiro atoms. The Morgan fingerprint density at radius 2 is 1.67 bits per heavy atom. The maximum absolute atomic E-state index is 13.2. The molecule has 0 bridgehead atoms. The summed E-state index contributed by atoms with van der Waals surface area (Å²) < 4.78 is 5.40. The molecule has 2 saturated heterocycles. The minimum atomic E-state index is -0.164. The van der Waals surface area contributed by atoms with Crippen molar-refractivity contribution in [2.45, 2.75) is 45.4 Å². The van der Waals surface area contributed by atoms with Crippen LogP contribution in [0.3, 0.4) is 0 Å². The number of carbonyl (C=O) groups is 2. The zero-order valence-corrected chi connectivity index (χ0v) is 21.6. The van der Waals surface area contributed by atoms with E-state index in [9.17, 15) is 9.59 Å². The molecule has 194 valence electrons. The van der Waals surface area contributed by atoms with E-state index in [-0.39, 0.29) is 11.8 Å². The van der Waals surface area contributed by atoms with E-state index >= 15 is 0 Å². The summed E-state index contributed by atoms with van der Waals surface area (Å²) in [4.78, 5) is 30.7. The third-order valence-corrected chi connectivity index (χ3v) is 7.05. The van der Waals surface area contributed by atoms with Gasteiger partial charge in [0.25, 0.3) is 11.8 Å². The average molecular weight is 493 g/mol. The Hall–Kier alpha value is -2.90. The number of hydrogen-bond donors (Lipinski definition) is 2. The first-order valence-corrected chi connectivity index (χ1v) is 13.5. The van der Waals surface area contributed by atoms with E-state index in [1.165, 1.54) is 24.8 Å². The minimum Gasteiger partial charge on any atom is -0.379 e. The van der Waals surface area contributed by atoms with Gasteiger partial charge in [0.05, 0.1) is 18.8 Å². The van der Waals surface area contributed by atoms with Gasteiger partial charge in [-0.2, -0.15) is 0 Å². The molecule has 2 aromatic carbocycles. The van der Waals surface area contributed by atoms with Crippen molar-refractivity contribution in [2.24, 2.45) is 0 Å². The molecule has 0 aromatic heterocycles. The summed E-state index contributed by atoms with van der Waals surface area (Å²) in [6.07, 6.45) is 6.89. The van der Waals surface area contributed by atoms with Gasteiger partial charge in [-0.15, -0.1) is 0 Å². The molecule has 0 saturated carbocycles. The number of unbranched alkanes of at least 4 members (excludes halogenated alkanes) is 2. The second-order valence-corrected chi connectivity index (χ2v) is 9.74. The van der Waals surface area contributed by atoms with Crippen LogP contribution in [0, 0.1) is 0 Å². The summed E-state index contributed by atoms with van der Waals surface area (Å²) in [5.74, 6) is -0.264. The molecular formula is C29H40N4O3. The van der Waals surface area contributed by atoms with Crippen LogP contribution in [0.15, 0.2) is 42.5 Å². The Balaban J connectivity index is 1.41. The highest BCUT2D eigenvalue weighted by Crippen LogP contribution is 2.28. The standard InChI is InChI=1S/C29H40N4O3/c1-2-3-4-7-23-8-10-24(11-9-23)28(34)31-25-12-13-27(33-15-5-6-16-33)26(22-25)29(35)30-14-17-32-18-20-36-21-19-32/h8-13,22H,2-7,14-21H2,1H3,(H,30,35)(H,31,34). The predicted molar refractivity (Wildman–Crippen MR) is 145 cm³/mol. The fraction of sp³-hybridized carbons (Fsp3) is 0.517. The molecule has 7 heteroatoms. The molecular weight excluding hydrogens is 452 g/mol. The lowest BCUT2D eigenvalue weighted by Gasteiger charge is -2.26. The van der Waals surface area contributed by atoms with Crippen LogP contribution in [0.4, 0.5) is 11.4 Å². The number of morpholine rings is 1. The molecule has 2 amide bonds. The third kappa shape index (κ3) is 7.31. The van der Waals surface area contributed by atoms with E-state index in [0.29, 0.717) is 23.4 Å². The van der Waals surface area contributed by atoms with Crippen molar-refractivity contribution < 1.29 is 14.3 Å². The number of nitrogens with one attached hydrogen (secondary N) is 2. The number of nitrogens with zero attached hydrogens (tertiary/aromatic N) is 2. The molecule has 4 rings (SSSR count). The zero-order chi connectivity index (χ0) is 25.2. The Kier molecular flexibility index (Phi) is 9.76. The summed E-state index contributed by atoms with van der Waals surface area (Å²) in [5.41, 5.74) is 4.06. The van der Waals surface area contributed by atoms with Crippen LogP contribution in [0.25, 0.3) is 0 Å². The van der Waals surface area contributed by atoms with Gasteiger partial charge in [-0.3, -0.25) is 14.5 Å². The summed E-state index contributed by atoms with van der Waals surface area (Å²) in [6.45, 7) is 8.78. The normalized spacial score (nSPS) is 16.2. The number of rotatable bonds is 11. The Bertz CT molecular complexity index is 996. The number of anilines is 2. The highest BCUT2D eigenvalue weighted by molar-refractivity contribution is 6.06. The van der Waals surface area contributed by atoms with Crippen molar-refractivity contribution >= 4 is 23.2 Å². The smallest absolute Gasteiger partial charge is 0.255 e. The van der Waals surface area contributed by atoms with E-state index in [2.05, 4.69) is 27.4 Å². The lowest BCUT2D eigenvalue weighted by Crippen LogP contribution is -2.41. The molecule has 0 radical (unpaired) electrons. The van der Waals surface area contributed by atoms with E-state index < -0.39 is 0 Å². The molecule has 2 heterocycles. The van der Waals surface area contributed by atoms with Gasteiger partial charge in [0.1, 0.15) is 0 Å². The third-order valence-electron chi connectivity index (χ3n) is 7.05. The van der Waals surface area contributed by atoms with Crippen molar-refractivity contribution in [3.05, 3.63) is 59.2 Å². The number of aryl methyl sites for hydroxylation is 1. The van der Waals surface area contributed by atoms with E-state index in [4.69, 9.17) is 4.74 Å². The fourth-order valence-electron chi connectivity index (χ4n) is 4.88. The quantitative estimate of drug-likeness (QED) is 0.457. The van der Waals surface area contributed by atoms with Crippen LogP contribution < -0.4 is 15.5 Å². The minimum absolute atomic E-state index is 0.0994. The molecule has 7 nitrogen and oxygen atoms in total. The first kappa shape index (κ1) is 26.2. The van der Waals surface area contributed by atoms with Crippen LogP contribution in [-0.2, 0) is 11.2 Å². The number of amides is 2.